The van der Waals surface area contributed by atoms with Crippen molar-refractivity contribution in [2.75, 3.05) is 0 Å². The lowest BCUT2D eigenvalue weighted by molar-refractivity contribution is 0.0955. The summed E-state index contributed by atoms with van der Waals surface area (Å²) in [4.78, 5) is 38.3. The number of aromatic hydroxyl groups is 1. The van der Waals surface area contributed by atoms with Crippen LogP contribution in [0.2, 0.25) is 10.0 Å². The van der Waals surface area contributed by atoms with E-state index in [1.165, 1.54) is 24.3 Å². The Balaban J connectivity index is 1.94. The van der Waals surface area contributed by atoms with Crippen molar-refractivity contribution < 1.29 is 9.90 Å². The number of rotatable bonds is 4. The molecule has 0 atom stereocenters. The third-order valence-corrected chi connectivity index (χ3v) is 4.23. The van der Waals surface area contributed by atoms with Gasteiger partial charge in [0.2, 0.25) is 5.88 Å². The monoisotopic (exact) mass is 418 g/mol. The maximum Gasteiger partial charge on any atom is 0.335 e. The summed E-state index contributed by atoms with van der Waals surface area (Å²) in [5.41, 5.74) is 0.548. The normalized spacial score (nSPS) is 10.9. The average Bonchev–Trinajstić information content (AvgIpc) is 2.64. The number of carbonyl (C=O) groups is 1. The predicted molar refractivity (Wildman–Crippen MR) is 106 cm³/mol. The van der Waals surface area contributed by atoms with E-state index in [4.69, 9.17) is 23.2 Å². The third-order valence-electron chi connectivity index (χ3n) is 3.67. The quantitative estimate of drug-likeness (QED) is 0.445. The first-order valence-corrected chi connectivity index (χ1v) is 8.56. The zero-order valence-corrected chi connectivity index (χ0v) is 15.5. The fourth-order valence-corrected chi connectivity index (χ4v) is 2.78. The number of nitrogens with zero attached hydrogens (tertiary/aromatic N) is 2. The first kappa shape index (κ1) is 19.4. The van der Waals surface area contributed by atoms with Crippen LogP contribution in [0.1, 0.15) is 15.9 Å². The zero-order valence-electron chi connectivity index (χ0n) is 14.0. The van der Waals surface area contributed by atoms with Crippen molar-refractivity contribution in [3.8, 4) is 11.6 Å². The molecule has 0 bridgehead atoms. The molecule has 0 aliphatic heterocycles. The molecule has 1 heterocycles. The standard InChI is InChI=1S/C18H12Cl2N4O4/c19-10-4-3-5-11(8-10)24-17(27)13(15(25)22-18(24)28)9-21-23-16(26)12-6-1-2-7-14(12)20/h1-9,27H,(H,23,26)(H,22,25,28)/b21-9-. The van der Waals surface area contributed by atoms with Crippen molar-refractivity contribution >= 4 is 35.3 Å². The molecule has 3 rings (SSSR count). The van der Waals surface area contributed by atoms with Gasteiger partial charge in [0.15, 0.2) is 0 Å². The Morgan fingerprint density at radius 1 is 1.14 bits per heavy atom. The van der Waals surface area contributed by atoms with Crippen LogP contribution in [-0.4, -0.2) is 26.8 Å². The first-order valence-electron chi connectivity index (χ1n) is 7.80. The van der Waals surface area contributed by atoms with Crippen molar-refractivity contribution in [3.63, 3.8) is 0 Å². The molecule has 0 saturated heterocycles. The van der Waals surface area contributed by atoms with E-state index in [1.54, 1.807) is 24.3 Å². The van der Waals surface area contributed by atoms with Crippen LogP contribution in [0.3, 0.4) is 0 Å². The molecule has 1 amide bonds. The summed E-state index contributed by atoms with van der Waals surface area (Å²) in [6, 6.07) is 12.4. The van der Waals surface area contributed by atoms with Crippen LogP contribution in [0.15, 0.2) is 63.2 Å². The summed E-state index contributed by atoms with van der Waals surface area (Å²) in [5, 5.41) is 14.6. The summed E-state index contributed by atoms with van der Waals surface area (Å²) < 4.78 is 0.852. The maximum absolute atomic E-state index is 12.1. The second kappa shape index (κ2) is 8.12. The van der Waals surface area contributed by atoms with Gasteiger partial charge in [-0.3, -0.25) is 14.6 Å². The Labute approximate surface area is 167 Å². The van der Waals surface area contributed by atoms with Gasteiger partial charge in [-0.15, -0.1) is 0 Å². The third kappa shape index (κ3) is 3.98. The van der Waals surface area contributed by atoms with E-state index in [1.807, 2.05) is 0 Å². The zero-order chi connectivity index (χ0) is 20.3. The molecule has 0 saturated carbocycles. The first-order chi connectivity index (χ1) is 13.4. The van der Waals surface area contributed by atoms with Gasteiger partial charge >= 0.3 is 5.69 Å². The van der Waals surface area contributed by atoms with Gasteiger partial charge in [0.1, 0.15) is 5.56 Å². The van der Waals surface area contributed by atoms with Crippen LogP contribution in [-0.2, 0) is 0 Å². The Kier molecular flexibility index (Phi) is 5.62. The molecule has 2 aromatic carbocycles. The SMILES string of the molecule is O=C(N/N=C\c1c(O)n(-c2cccc(Cl)c2)c(=O)[nH]c1=O)c1ccccc1Cl. The highest BCUT2D eigenvalue weighted by Gasteiger charge is 2.15. The molecule has 0 unspecified atom stereocenters. The lowest BCUT2D eigenvalue weighted by Gasteiger charge is -2.09. The van der Waals surface area contributed by atoms with Crippen molar-refractivity contribution in [2.45, 2.75) is 0 Å². The number of hydrogen-bond acceptors (Lipinski definition) is 5. The molecular weight excluding hydrogens is 407 g/mol. The molecule has 0 fully saturated rings. The van der Waals surface area contributed by atoms with Gasteiger partial charge in [0.05, 0.1) is 22.5 Å². The van der Waals surface area contributed by atoms with Crippen molar-refractivity contribution in [1.82, 2.24) is 15.0 Å². The van der Waals surface area contributed by atoms with Crippen molar-refractivity contribution in [3.05, 3.63) is 90.5 Å². The van der Waals surface area contributed by atoms with E-state index >= 15 is 0 Å². The van der Waals surface area contributed by atoms with Gasteiger partial charge in [-0.05, 0) is 30.3 Å². The summed E-state index contributed by atoms with van der Waals surface area (Å²) in [7, 11) is 0. The van der Waals surface area contributed by atoms with Gasteiger partial charge < -0.3 is 5.11 Å². The second-order valence-electron chi connectivity index (χ2n) is 5.49. The fourth-order valence-electron chi connectivity index (χ4n) is 2.37. The highest BCUT2D eigenvalue weighted by molar-refractivity contribution is 6.33. The van der Waals surface area contributed by atoms with E-state index in [0.29, 0.717) is 5.02 Å². The Hall–Kier alpha value is -3.36. The molecule has 142 valence electrons. The van der Waals surface area contributed by atoms with Crippen LogP contribution < -0.4 is 16.7 Å². The number of aromatic amines is 1. The van der Waals surface area contributed by atoms with Crippen LogP contribution in [0, 0.1) is 0 Å². The molecule has 28 heavy (non-hydrogen) atoms. The molecular formula is C18H12Cl2N4O4. The Bertz CT molecular complexity index is 1200. The Morgan fingerprint density at radius 3 is 2.61 bits per heavy atom. The smallest absolute Gasteiger partial charge is 0.335 e. The number of hydrogen-bond donors (Lipinski definition) is 3. The highest BCUT2D eigenvalue weighted by atomic mass is 35.5. The average molecular weight is 419 g/mol. The molecule has 10 heteroatoms. The molecule has 3 aromatic rings. The topological polar surface area (TPSA) is 117 Å². The number of H-pyrrole nitrogens is 1. The molecule has 0 aliphatic carbocycles. The molecule has 0 aliphatic rings. The van der Waals surface area contributed by atoms with E-state index in [2.05, 4.69) is 15.5 Å². The lowest BCUT2D eigenvalue weighted by atomic mass is 10.2. The van der Waals surface area contributed by atoms with Crippen molar-refractivity contribution in [2.24, 2.45) is 5.10 Å². The van der Waals surface area contributed by atoms with Crippen LogP contribution in [0.5, 0.6) is 5.88 Å². The predicted octanol–water partition coefficient (Wildman–Crippen LogP) is 2.30. The van der Waals surface area contributed by atoms with E-state index in [-0.39, 0.29) is 21.8 Å². The number of halogens is 2. The molecule has 0 radical (unpaired) electrons. The van der Waals surface area contributed by atoms with E-state index in [0.717, 1.165) is 10.8 Å². The van der Waals surface area contributed by atoms with Gasteiger partial charge in [0.25, 0.3) is 11.5 Å². The molecule has 0 spiro atoms. The number of hydrazone groups is 1. The number of benzene rings is 2. The number of carbonyl (C=O) groups excluding carboxylic acids is 1. The minimum Gasteiger partial charge on any atom is -0.493 e. The number of nitrogens with one attached hydrogen (secondary N) is 2. The number of aromatic nitrogens is 2. The van der Waals surface area contributed by atoms with Gasteiger partial charge in [0, 0.05) is 5.02 Å². The van der Waals surface area contributed by atoms with Crippen LogP contribution in [0.4, 0.5) is 0 Å². The largest absolute Gasteiger partial charge is 0.493 e. The summed E-state index contributed by atoms with van der Waals surface area (Å²) >= 11 is 11.8. The van der Waals surface area contributed by atoms with Crippen LogP contribution >= 0.6 is 23.2 Å². The van der Waals surface area contributed by atoms with Gasteiger partial charge in [-0.2, -0.15) is 5.10 Å². The van der Waals surface area contributed by atoms with Crippen molar-refractivity contribution in [1.29, 1.82) is 0 Å². The fraction of sp³-hybridized carbons (Fsp3) is 0. The second-order valence-corrected chi connectivity index (χ2v) is 6.33. The van der Waals surface area contributed by atoms with Crippen LogP contribution in [0.25, 0.3) is 5.69 Å². The summed E-state index contributed by atoms with van der Waals surface area (Å²) in [6.45, 7) is 0. The maximum atomic E-state index is 12.1. The van der Waals surface area contributed by atoms with E-state index < -0.39 is 23.0 Å². The van der Waals surface area contributed by atoms with E-state index in [9.17, 15) is 19.5 Å². The number of amides is 1. The highest BCUT2D eigenvalue weighted by Crippen LogP contribution is 2.18. The van der Waals surface area contributed by atoms with Gasteiger partial charge in [-0.25, -0.2) is 14.8 Å². The Morgan fingerprint density at radius 2 is 1.89 bits per heavy atom. The summed E-state index contributed by atoms with van der Waals surface area (Å²) in [6.07, 6.45) is 0.920. The summed E-state index contributed by atoms with van der Waals surface area (Å²) in [5.74, 6) is -1.27. The minimum absolute atomic E-state index is 0.184. The molecule has 8 nitrogen and oxygen atoms in total. The minimum atomic E-state index is -0.878. The lowest BCUT2D eigenvalue weighted by Crippen LogP contribution is -2.31. The molecule has 1 aromatic heterocycles. The van der Waals surface area contributed by atoms with Gasteiger partial charge in [-0.1, -0.05) is 41.4 Å². The molecule has 3 N–H and O–H groups in total.